The fourth-order valence-electron chi connectivity index (χ4n) is 4.07. The number of fused-ring (bicyclic) bond motifs is 1. The number of pyridine rings is 1. The molecular formula is C21H22F2N6O. The van der Waals surface area contributed by atoms with Crippen molar-refractivity contribution in [3.63, 3.8) is 0 Å². The Balaban J connectivity index is 1.71. The van der Waals surface area contributed by atoms with E-state index in [4.69, 9.17) is 5.73 Å². The van der Waals surface area contributed by atoms with Gasteiger partial charge < -0.3 is 16.0 Å². The molecule has 3 unspecified atom stereocenters. The van der Waals surface area contributed by atoms with Gasteiger partial charge in [-0.05, 0) is 36.6 Å². The van der Waals surface area contributed by atoms with Crippen LogP contribution in [-0.4, -0.2) is 21.2 Å². The monoisotopic (exact) mass is 412 g/mol. The molecule has 30 heavy (non-hydrogen) atoms. The largest absolute Gasteiger partial charge is 0.338 e. The van der Waals surface area contributed by atoms with Gasteiger partial charge in [-0.3, -0.25) is 9.48 Å². The van der Waals surface area contributed by atoms with E-state index in [0.717, 1.165) is 25.7 Å². The molecule has 4 rings (SSSR count). The molecule has 0 amide bonds. The molecule has 3 aromatic rings. The van der Waals surface area contributed by atoms with Crippen molar-refractivity contribution in [1.29, 1.82) is 5.26 Å². The van der Waals surface area contributed by atoms with Crippen LogP contribution in [0.1, 0.15) is 43.3 Å². The van der Waals surface area contributed by atoms with Gasteiger partial charge >= 0.3 is 0 Å². The summed E-state index contributed by atoms with van der Waals surface area (Å²) in [6.45, 7) is 0. The first-order valence-electron chi connectivity index (χ1n) is 9.90. The number of hydrogen-bond donors (Lipinski definition) is 3. The van der Waals surface area contributed by atoms with Crippen LogP contribution in [0.25, 0.3) is 10.9 Å². The van der Waals surface area contributed by atoms with Gasteiger partial charge in [0, 0.05) is 11.9 Å². The molecule has 1 aromatic carbocycles. The number of H-pyrrole nitrogens is 1. The maximum atomic E-state index is 12.8. The molecule has 1 aliphatic carbocycles. The normalized spacial score (nSPS) is 20.2. The molecule has 0 spiro atoms. The molecule has 0 saturated heterocycles. The van der Waals surface area contributed by atoms with Crippen LogP contribution in [0, 0.1) is 17.2 Å². The Morgan fingerprint density at radius 2 is 1.97 bits per heavy atom. The number of nitrogens with zero attached hydrogens (tertiary/aromatic N) is 3. The minimum absolute atomic E-state index is 0.102. The van der Waals surface area contributed by atoms with E-state index in [1.807, 2.05) is 0 Å². The van der Waals surface area contributed by atoms with Gasteiger partial charge in [0.05, 0.1) is 29.6 Å². The van der Waals surface area contributed by atoms with Gasteiger partial charge in [-0.25, -0.2) is 8.78 Å². The SMILES string of the molecule is N#CC1CCCCC1n1nc(Nc2ccc(C(N)C(F)F)cc2)c2c(=O)[nH]ccc21. The molecule has 0 bridgehead atoms. The van der Waals surface area contributed by atoms with Gasteiger partial charge in [-0.15, -0.1) is 0 Å². The van der Waals surface area contributed by atoms with Gasteiger partial charge in [0.2, 0.25) is 0 Å². The van der Waals surface area contributed by atoms with Crippen LogP contribution >= 0.6 is 0 Å². The second kappa shape index (κ2) is 8.24. The zero-order valence-corrected chi connectivity index (χ0v) is 16.2. The molecule has 0 radical (unpaired) electrons. The third-order valence-electron chi connectivity index (χ3n) is 5.67. The van der Waals surface area contributed by atoms with E-state index in [1.165, 1.54) is 12.1 Å². The zero-order valence-electron chi connectivity index (χ0n) is 16.2. The lowest BCUT2D eigenvalue weighted by Crippen LogP contribution is -2.23. The van der Waals surface area contributed by atoms with Crippen molar-refractivity contribution in [2.45, 2.75) is 44.2 Å². The van der Waals surface area contributed by atoms with E-state index in [2.05, 4.69) is 21.5 Å². The van der Waals surface area contributed by atoms with E-state index >= 15 is 0 Å². The highest BCUT2D eigenvalue weighted by Crippen LogP contribution is 2.36. The summed E-state index contributed by atoms with van der Waals surface area (Å²) in [7, 11) is 0. The Labute approximate surface area is 171 Å². The molecule has 2 heterocycles. The van der Waals surface area contributed by atoms with Crippen LogP contribution < -0.4 is 16.6 Å². The van der Waals surface area contributed by atoms with Crippen molar-refractivity contribution < 1.29 is 8.78 Å². The topological polar surface area (TPSA) is 113 Å². The molecular weight excluding hydrogens is 390 g/mol. The Morgan fingerprint density at radius 3 is 2.67 bits per heavy atom. The van der Waals surface area contributed by atoms with Crippen LogP contribution in [0.5, 0.6) is 0 Å². The van der Waals surface area contributed by atoms with E-state index < -0.39 is 12.5 Å². The van der Waals surface area contributed by atoms with E-state index in [-0.39, 0.29) is 17.5 Å². The predicted octanol–water partition coefficient (Wildman–Crippen LogP) is 3.99. The third-order valence-corrected chi connectivity index (χ3v) is 5.67. The number of nitrogens with one attached hydrogen (secondary N) is 2. The highest BCUT2D eigenvalue weighted by Gasteiger charge is 2.29. The lowest BCUT2D eigenvalue weighted by molar-refractivity contribution is 0.116. The van der Waals surface area contributed by atoms with Crippen molar-refractivity contribution >= 4 is 22.4 Å². The number of aromatic nitrogens is 3. The summed E-state index contributed by atoms with van der Waals surface area (Å²) in [6, 6.07) is 9.00. The molecule has 2 aromatic heterocycles. The first-order chi connectivity index (χ1) is 14.5. The number of hydrogen-bond acceptors (Lipinski definition) is 5. The van der Waals surface area contributed by atoms with E-state index in [1.54, 1.807) is 29.1 Å². The molecule has 3 atom stereocenters. The summed E-state index contributed by atoms with van der Waals surface area (Å²) < 4.78 is 27.4. The van der Waals surface area contributed by atoms with Gasteiger partial charge in [0.15, 0.2) is 5.82 Å². The van der Waals surface area contributed by atoms with Crippen molar-refractivity contribution in [3.05, 3.63) is 52.4 Å². The van der Waals surface area contributed by atoms with Gasteiger partial charge in [0.1, 0.15) is 5.39 Å². The van der Waals surface area contributed by atoms with Gasteiger partial charge in [0.25, 0.3) is 12.0 Å². The Bertz CT molecular complexity index is 1130. The molecule has 9 heteroatoms. The lowest BCUT2D eigenvalue weighted by atomic mass is 9.85. The number of benzene rings is 1. The summed E-state index contributed by atoms with van der Waals surface area (Å²) in [4.78, 5) is 15.2. The maximum Gasteiger partial charge on any atom is 0.261 e. The summed E-state index contributed by atoms with van der Waals surface area (Å²) in [5.41, 5.74) is 6.77. The fourth-order valence-corrected chi connectivity index (χ4v) is 4.07. The van der Waals surface area contributed by atoms with Crippen LogP contribution in [-0.2, 0) is 0 Å². The van der Waals surface area contributed by atoms with Gasteiger partial charge in [-0.2, -0.15) is 10.4 Å². The molecule has 1 aliphatic rings. The van der Waals surface area contributed by atoms with E-state index in [0.29, 0.717) is 28.0 Å². The quantitative estimate of drug-likeness (QED) is 0.587. The smallest absolute Gasteiger partial charge is 0.261 e. The van der Waals surface area contributed by atoms with E-state index in [9.17, 15) is 18.8 Å². The number of anilines is 2. The van der Waals surface area contributed by atoms with Crippen LogP contribution in [0.2, 0.25) is 0 Å². The molecule has 1 saturated carbocycles. The summed E-state index contributed by atoms with van der Waals surface area (Å²) >= 11 is 0. The Kier molecular flexibility index (Phi) is 5.50. The Hall–Kier alpha value is -3.25. The summed E-state index contributed by atoms with van der Waals surface area (Å²) in [6.07, 6.45) is 2.55. The van der Waals surface area contributed by atoms with Crippen LogP contribution in [0.15, 0.2) is 41.3 Å². The zero-order chi connectivity index (χ0) is 21.3. The fraction of sp³-hybridized carbons (Fsp3) is 0.381. The highest BCUT2D eigenvalue weighted by molar-refractivity contribution is 5.91. The number of nitrogens with two attached hydrogens (primary N) is 1. The summed E-state index contributed by atoms with van der Waals surface area (Å²) in [5.74, 6) is 0.198. The number of nitriles is 1. The summed E-state index contributed by atoms with van der Waals surface area (Å²) in [5, 5.41) is 17.7. The van der Waals surface area contributed by atoms with Crippen molar-refractivity contribution in [2.75, 3.05) is 5.32 Å². The number of alkyl halides is 2. The van der Waals surface area contributed by atoms with Gasteiger partial charge in [-0.1, -0.05) is 25.0 Å². The standard InChI is InChI=1S/C21H22F2N6O/c22-19(23)18(25)12-5-7-14(8-6-12)27-20-17-16(9-10-26-21(17)30)29(28-20)15-4-2-1-3-13(15)11-24/h5-10,13,15,18-19H,1-4,25H2,(H,26,30)(H,27,28). The number of halogens is 2. The maximum absolute atomic E-state index is 12.8. The molecule has 7 nitrogen and oxygen atoms in total. The first kappa shape index (κ1) is 20.0. The number of aromatic amines is 1. The predicted molar refractivity (Wildman–Crippen MR) is 110 cm³/mol. The van der Waals surface area contributed by atoms with Crippen molar-refractivity contribution in [1.82, 2.24) is 14.8 Å². The minimum Gasteiger partial charge on any atom is -0.338 e. The highest BCUT2D eigenvalue weighted by atomic mass is 19.3. The third kappa shape index (κ3) is 3.66. The Morgan fingerprint density at radius 1 is 1.23 bits per heavy atom. The minimum atomic E-state index is -2.65. The second-order valence-corrected chi connectivity index (χ2v) is 7.55. The number of rotatable bonds is 5. The average Bonchev–Trinajstić information content (AvgIpc) is 3.13. The average molecular weight is 412 g/mol. The second-order valence-electron chi connectivity index (χ2n) is 7.55. The molecule has 4 N–H and O–H groups in total. The lowest BCUT2D eigenvalue weighted by Gasteiger charge is -2.27. The molecule has 1 fully saturated rings. The molecule has 0 aliphatic heterocycles. The molecule has 156 valence electrons. The van der Waals surface area contributed by atoms with Crippen LogP contribution in [0.3, 0.4) is 0 Å². The van der Waals surface area contributed by atoms with Crippen LogP contribution in [0.4, 0.5) is 20.3 Å². The first-order valence-corrected chi connectivity index (χ1v) is 9.90. The van der Waals surface area contributed by atoms with Crippen molar-refractivity contribution in [3.8, 4) is 6.07 Å². The van der Waals surface area contributed by atoms with Crippen molar-refractivity contribution in [2.24, 2.45) is 11.7 Å².